The molecule has 0 bridgehead atoms. The molecule has 0 unspecified atom stereocenters. The average Bonchev–Trinajstić information content (AvgIpc) is 3.28. The number of rotatable bonds is 14. The van der Waals surface area contributed by atoms with Crippen molar-refractivity contribution in [1.29, 1.82) is 0 Å². The molecule has 0 aliphatic heterocycles. The lowest BCUT2D eigenvalue weighted by Gasteiger charge is -2.16. The molecule has 0 saturated heterocycles. The highest BCUT2D eigenvalue weighted by Crippen LogP contribution is 2.51. The number of benzene rings is 3. The Kier molecular flexibility index (Phi) is 20.7. The number of nitrogens with zero attached hydrogens (tertiary/aromatic N) is 6. The van der Waals surface area contributed by atoms with E-state index in [0.29, 0.717) is 19.4 Å². The molecule has 7 rings (SSSR count). The zero-order valence-corrected chi connectivity index (χ0v) is 39.4. The Balaban J connectivity index is 0.000000272. The van der Waals surface area contributed by atoms with Crippen LogP contribution in [0.3, 0.4) is 0 Å². The number of non-ortho nitro benzene ring substituents is 1. The first-order valence-corrected chi connectivity index (χ1v) is 24.3. The van der Waals surface area contributed by atoms with Gasteiger partial charge in [-0.1, -0.05) is 24.3 Å². The van der Waals surface area contributed by atoms with Crippen LogP contribution in [0.2, 0.25) is 0 Å². The first-order chi connectivity index (χ1) is 30.2. The topological polar surface area (TPSA) is 198 Å². The molecular formula is C46H49Cl2N7O8P2. The fraction of sp³-hybridized carbons (Fsp3) is 0.174. The molecule has 0 radical (unpaired) electrons. The van der Waals surface area contributed by atoms with Gasteiger partial charge in [0.25, 0.3) is 11.4 Å². The predicted octanol–water partition coefficient (Wildman–Crippen LogP) is 4.03. The Morgan fingerprint density at radius 1 is 0.585 bits per heavy atom. The van der Waals surface area contributed by atoms with Gasteiger partial charge in [0.15, 0.2) is 24.8 Å². The molecule has 0 spiro atoms. The van der Waals surface area contributed by atoms with Crippen LogP contribution in [0.15, 0.2) is 165 Å². The van der Waals surface area contributed by atoms with Crippen LogP contribution in [-0.4, -0.2) is 46.4 Å². The van der Waals surface area contributed by atoms with E-state index in [9.17, 15) is 29.4 Å². The number of hydrogen-bond acceptors (Lipinski definition) is 11. The van der Waals surface area contributed by atoms with Gasteiger partial charge in [-0.05, 0) is 97.0 Å². The summed E-state index contributed by atoms with van der Waals surface area (Å²) in [4.78, 5) is 28.7. The number of nitro groups is 2. The van der Waals surface area contributed by atoms with E-state index in [2.05, 4.69) is 22.1 Å². The van der Waals surface area contributed by atoms with Gasteiger partial charge in [-0.3, -0.25) is 34.8 Å². The van der Waals surface area contributed by atoms with Gasteiger partial charge in [0.05, 0.1) is 36.4 Å². The number of nitro benzene ring substituents is 2. The minimum Gasteiger partial charge on any atom is -1.00 e. The number of nitrogen functional groups attached to an aromatic ring is 1. The van der Waals surface area contributed by atoms with Gasteiger partial charge in [0.2, 0.25) is 5.69 Å². The van der Waals surface area contributed by atoms with Crippen LogP contribution in [-0.2, 0) is 30.5 Å². The maximum absolute atomic E-state index is 12.7. The second kappa shape index (κ2) is 25.3. The molecule has 0 aliphatic rings. The zero-order chi connectivity index (χ0) is 45.4. The van der Waals surface area contributed by atoms with Crippen molar-refractivity contribution in [3.8, 4) is 33.6 Å². The molecule has 4 aromatic heterocycles. The Morgan fingerprint density at radius 3 is 1.45 bits per heavy atom. The molecule has 0 aliphatic carbocycles. The van der Waals surface area contributed by atoms with Gasteiger partial charge in [-0.15, -0.1) is 0 Å². The monoisotopic (exact) mass is 959 g/mol. The van der Waals surface area contributed by atoms with Crippen molar-refractivity contribution >= 4 is 31.8 Å². The van der Waals surface area contributed by atoms with Crippen LogP contribution in [0.4, 0.5) is 17.1 Å². The van der Waals surface area contributed by atoms with Gasteiger partial charge >= 0.3 is 13.3 Å². The standard InChI is InChI=1S/C21H24N2O3P.C16H11N4O4.C9H14NOP.2ClH/c1-3-25-27(24,26-4-2)17-18-5-7-21(8-6-18)23-15-11-20(12-16-23)19-9-13-22-14-10-19;21-19(22)14-1-2-15(16(11-14)20(23)24)18-9-5-13(6-10-18)12-3-7-17-8-4-12;1-12(2,11)7-8-3-5-9(10)6-4-8;;/h5-16H,3-4,17H2,1-2H3;1-11H;3-6H,7,10H2,1-2H3;2*1H/q2*+1;;;/p-2. The van der Waals surface area contributed by atoms with E-state index in [1.807, 2.05) is 104 Å². The van der Waals surface area contributed by atoms with Crippen molar-refractivity contribution in [2.75, 3.05) is 32.3 Å². The van der Waals surface area contributed by atoms with Crippen molar-refractivity contribution in [2.45, 2.75) is 26.2 Å². The lowest BCUT2D eigenvalue weighted by Crippen LogP contribution is -3.00. The van der Waals surface area contributed by atoms with E-state index in [4.69, 9.17) is 14.8 Å². The summed E-state index contributed by atoms with van der Waals surface area (Å²) in [5, 5.41) is 22.0. The second-order valence-electron chi connectivity index (χ2n) is 14.4. The minimum atomic E-state index is -3.08. The molecule has 4 heterocycles. The smallest absolute Gasteiger partial charge is 0.347 e. The summed E-state index contributed by atoms with van der Waals surface area (Å²) in [5.41, 5.74) is 13.1. The molecule has 3 aromatic carbocycles. The Bertz CT molecular complexity index is 2670. The van der Waals surface area contributed by atoms with Crippen LogP contribution in [0, 0.1) is 20.2 Å². The van der Waals surface area contributed by atoms with Gasteiger partial charge in [0, 0.05) is 85.2 Å². The van der Waals surface area contributed by atoms with Crippen molar-refractivity contribution in [1.82, 2.24) is 9.97 Å². The number of anilines is 1. The van der Waals surface area contributed by atoms with Crippen LogP contribution in [0.1, 0.15) is 25.0 Å². The van der Waals surface area contributed by atoms with Crippen LogP contribution >= 0.6 is 14.7 Å². The molecule has 19 heteroatoms. The fourth-order valence-corrected chi connectivity index (χ4v) is 9.02. The number of halogens is 2. The summed E-state index contributed by atoms with van der Waals surface area (Å²) in [5.74, 6) is 0. The molecule has 0 saturated carbocycles. The third kappa shape index (κ3) is 16.4. The quantitative estimate of drug-likeness (QED) is 0.0543. The molecule has 0 fully saturated rings. The Hall–Kier alpha value is -6.18. The van der Waals surface area contributed by atoms with Crippen molar-refractivity contribution in [3.05, 3.63) is 196 Å². The summed E-state index contributed by atoms with van der Waals surface area (Å²) in [7, 11) is -5.02. The van der Waals surface area contributed by atoms with Crippen LogP contribution in [0.5, 0.6) is 0 Å². The summed E-state index contributed by atoms with van der Waals surface area (Å²) in [6.07, 6.45) is 15.3. The third-order valence-electron chi connectivity index (χ3n) is 9.14. The van der Waals surface area contributed by atoms with Crippen LogP contribution in [0.25, 0.3) is 33.6 Å². The number of hydrogen-bond donors (Lipinski definition) is 1. The summed E-state index contributed by atoms with van der Waals surface area (Å²) in [6.45, 7) is 7.97. The normalized spacial score (nSPS) is 10.7. The Morgan fingerprint density at radius 2 is 1.02 bits per heavy atom. The number of aromatic nitrogens is 4. The molecule has 0 amide bonds. The van der Waals surface area contributed by atoms with Gasteiger partial charge in [-0.25, -0.2) is 0 Å². The van der Waals surface area contributed by atoms with E-state index in [1.165, 1.54) is 12.1 Å². The highest BCUT2D eigenvalue weighted by atomic mass is 35.5. The first-order valence-electron chi connectivity index (χ1n) is 19.8. The Labute approximate surface area is 390 Å². The zero-order valence-electron chi connectivity index (χ0n) is 36.1. The van der Waals surface area contributed by atoms with Crippen molar-refractivity contribution in [3.63, 3.8) is 0 Å². The average molecular weight is 961 g/mol. The molecule has 2 N–H and O–H groups in total. The summed E-state index contributed by atoms with van der Waals surface area (Å²) in [6, 6.07) is 34.5. The second-order valence-corrected chi connectivity index (χ2v) is 19.9. The van der Waals surface area contributed by atoms with Crippen molar-refractivity contribution in [2.24, 2.45) is 0 Å². The molecular weight excluding hydrogens is 911 g/mol. The molecule has 7 aromatic rings. The fourth-order valence-electron chi connectivity index (χ4n) is 6.23. The molecule has 340 valence electrons. The van der Waals surface area contributed by atoms with Gasteiger partial charge in [-0.2, -0.15) is 9.13 Å². The lowest BCUT2D eigenvalue weighted by molar-refractivity contribution is -0.600. The number of pyridine rings is 4. The van der Waals surface area contributed by atoms with E-state index >= 15 is 0 Å². The van der Waals surface area contributed by atoms with Crippen molar-refractivity contribution < 1.29 is 62.0 Å². The maximum atomic E-state index is 12.7. The summed E-state index contributed by atoms with van der Waals surface area (Å²) >= 11 is 0. The SMILES string of the molecule is CCOP(=O)(Cc1ccc(-[n+]2ccc(-c3ccncc3)cc2)cc1)OCC.CP(C)(=O)Cc1ccc(N)cc1.O=[N+]([O-])c1ccc(-[n+]2ccc(-c3ccncc3)cc2)c([N+](=O)[O-])c1.[Cl-].[Cl-]. The highest BCUT2D eigenvalue weighted by Gasteiger charge is 2.26. The summed E-state index contributed by atoms with van der Waals surface area (Å²) < 4.78 is 38.4. The van der Waals surface area contributed by atoms with Gasteiger partial charge < -0.3 is 44.2 Å². The van der Waals surface area contributed by atoms with E-state index in [1.54, 1.807) is 67.2 Å². The third-order valence-corrected chi connectivity index (χ3v) is 12.3. The molecule has 65 heavy (non-hydrogen) atoms. The van der Waals surface area contributed by atoms with Crippen LogP contribution < -0.4 is 39.7 Å². The largest absolute Gasteiger partial charge is 1.00 e. The molecule has 0 atom stereocenters. The minimum absolute atomic E-state index is 0. The van der Waals surface area contributed by atoms with Gasteiger partial charge in [0.1, 0.15) is 6.07 Å². The number of nitrogens with two attached hydrogens (primary N) is 1. The predicted molar refractivity (Wildman–Crippen MR) is 244 cm³/mol. The first kappa shape index (κ1) is 53.2. The maximum Gasteiger partial charge on any atom is 0.347 e. The van der Waals surface area contributed by atoms with E-state index in [-0.39, 0.29) is 48.0 Å². The van der Waals surface area contributed by atoms with E-state index < -0.39 is 24.6 Å². The van der Waals surface area contributed by atoms with E-state index in [0.717, 1.165) is 50.8 Å². The molecule has 15 nitrogen and oxygen atoms in total. The highest BCUT2D eigenvalue weighted by molar-refractivity contribution is 7.61. The lowest BCUT2D eigenvalue weighted by atomic mass is 10.1.